The van der Waals surface area contributed by atoms with Crippen LogP contribution in [0.25, 0.3) is 33.3 Å². The lowest BCUT2D eigenvalue weighted by atomic mass is 10.1. The Labute approximate surface area is 196 Å². The first-order chi connectivity index (χ1) is 16.0. The minimum atomic E-state index is -0.283. The Kier molecular flexibility index (Phi) is 5.48. The SMILES string of the molecule is Cc1cc(OCC(=O)Nc2ccccc2-c2nc3ccc4ccccc4c3o2)cc(C)c1Cl. The number of benzene rings is 4. The maximum absolute atomic E-state index is 12.6. The maximum Gasteiger partial charge on any atom is 0.262 e. The van der Waals surface area contributed by atoms with Crippen LogP contribution in [-0.2, 0) is 4.79 Å². The van der Waals surface area contributed by atoms with Gasteiger partial charge in [0.1, 0.15) is 11.3 Å². The summed E-state index contributed by atoms with van der Waals surface area (Å²) in [4.78, 5) is 17.3. The molecule has 0 spiro atoms. The second-order valence-corrected chi connectivity index (χ2v) is 8.29. The third kappa shape index (κ3) is 4.15. The van der Waals surface area contributed by atoms with E-state index in [-0.39, 0.29) is 12.5 Å². The number of anilines is 1. The molecule has 0 aliphatic rings. The van der Waals surface area contributed by atoms with Crippen molar-refractivity contribution in [3.63, 3.8) is 0 Å². The maximum atomic E-state index is 12.6. The normalized spacial score (nSPS) is 11.1. The van der Waals surface area contributed by atoms with E-state index in [1.165, 1.54) is 0 Å². The molecule has 6 heteroatoms. The zero-order valence-corrected chi connectivity index (χ0v) is 18.9. The van der Waals surface area contributed by atoms with Crippen molar-refractivity contribution >= 4 is 45.1 Å². The van der Waals surface area contributed by atoms with Gasteiger partial charge in [-0.05, 0) is 60.7 Å². The van der Waals surface area contributed by atoms with E-state index in [2.05, 4.69) is 10.3 Å². The Morgan fingerprint density at radius 3 is 2.55 bits per heavy atom. The van der Waals surface area contributed by atoms with Crippen molar-refractivity contribution in [3.8, 4) is 17.2 Å². The number of carbonyl (C=O) groups excluding carboxylic acids is 1. The van der Waals surface area contributed by atoms with E-state index in [0.29, 0.717) is 27.9 Å². The van der Waals surface area contributed by atoms with Gasteiger partial charge in [0.15, 0.2) is 12.2 Å². The predicted molar refractivity (Wildman–Crippen MR) is 132 cm³/mol. The molecule has 1 N–H and O–H groups in total. The molecule has 0 aliphatic heterocycles. The molecule has 0 bridgehead atoms. The Morgan fingerprint density at radius 2 is 1.73 bits per heavy atom. The second kappa shape index (κ2) is 8.60. The van der Waals surface area contributed by atoms with Crippen LogP contribution in [0.1, 0.15) is 11.1 Å². The van der Waals surface area contributed by atoms with Gasteiger partial charge >= 0.3 is 0 Å². The van der Waals surface area contributed by atoms with Gasteiger partial charge in [0.2, 0.25) is 5.89 Å². The molecule has 4 aromatic carbocycles. The van der Waals surface area contributed by atoms with Crippen LogP contribution in [0, 0.1) is 13.8 Å². The summed E-state index contributed by atoms with van der Waals surface area (Å²) in [5.41, 5.74) is 4.60. The summed E-state index contributed by atoms with van der Waals surface area (Å²) in [5, 5.41) is 5.69. The zero-order valence-electron chi connectivity index (χ0n) is 18.2. The molecule has 5 rings (SSSR count). The lowest BCUT2D eigenvalue weighted by Gasteiger charge is -2.11. The first-order valence-corrected chi connectivity index (χ1v) is 10.9. The molecular formula is C27H21ClN2O3. The van der Waals surface area contributed by atoms with Gasteiger partial charge in [-0.2, -0.15) is 0 Å². The number of para-hydroxylation sites is 1. The highest BCUT2D eigenvalue weighted by Crippen LogP contribution is 2.33. The van der Waals surface area contributed by atoms with Crippen LogP contribution in [0.4, 0.5) is 5.69 Å². The molecule has 0 radical (unpaired) electrons. The first-order valence-electron chi connectivity index (χ1n) is 10.6. The molecule has 1 heterocycles. The van der Waals surface area contributed by atoms with Crippen LogP contribution in [0.15, 0.2) is 77.2 Å². The van der Waals surface area contributed by atoms with Gasteiger partial charge in [-0.1, -0.05) is 54.1 Å². The fourth-order valence-corrected chi connectivity index (χ4v) is 3.98. The van der Waals surface area contributed by atoms with Crippen LogP contribution in [-0.4, -0.2) is 17.5 Å². The van der Waals surface area contributed by atoms with E-state index in [9.17, 15) is 4.79 Å². The number of ether oxygens (including phenoxy) is 1. The number of hydrogen-bond donors (Lipinski definition) is 1. The monoisotopic (exact) mass is 456 g/mol. The van der Waals surface area contributed by atoms with Gasteiger partial charge in [-0.3, -0.25) is 4.79 Å². The van der Waals surface area contributed by atoms with Gasteiger partial charge < -0.3 is 14.5 Å². The third-order valence-electron chi connectivity index (χ3n) is 5.49. The third-order valence-corrected chi connectivity index (χ3v) is 6.09. The van der Waals surface area contributed by atoms with E-state index in [1.54, 1.807) is 0 Å². The molecule has 1 amide bonds. The average Bonchev–Trinajstić information content (AvgIpc) is 3.26. The quantitative estimate of drug-likeness (QED) is 0.311. The molecule has 5 nitrogen and oxygen atoms in total. The van der Waals surface area contributed by atoms with E-state index < -0.39 is 0 Å². The van der Waals surface area contributed by atoms with Gasteiger partial charge in [0, 0.05) is 10.4 Å². The van der Waals surface area contributed by atoms with Gasteiger partial charge in [-0.25, -0.2) is 4.98 Å². The topological polar surface area (TPSA) is 64.4 Å². The molecule has 0 unspecified atom stereocenters. The van der Waals surface area contributed by atoms with Crippen LogP contribution >= 0.6 is 11.6 Å². The highest BCUT2D eigenvalue weighted by molar-refractivity contribution is 6.32. The van der Waals surface area contributed by atoms with Crippen molar-refractivity contribution in [3.05, 3.63) is 88.9 Å². The highest BCUT2D eigenvalue weighted by atomic mass is 35.5. The van der Waals surface area contributed by atoms with Crippen LogP contribution < -0.4 is 10.1 Å². The molecule has 5 aromatic rings. The lowest BCUT2D eigenvalue weighted by molar-refractivity contribution is -0.118. The van der Waals surface area contributed by atoms with Gasteiger partial charge in [-0.15, -0.1) is 0 Å². The van der Waals surface area contributed by atoms with Crippen LogP contribution in [0.3, 0.4) is 0 Å². The van der Waals surface area contributed by atoms with Gasteiger partial charge in [0.25, 0.3) is 5.91 Å². The Hall–Kier alpha value is -3.83. The molecule has 0 saturated heterocycles. The van der Waals surface area contributed by atoms with Crippen LogP contribution in [0.5, 0.6) is 5.75 Å². The van der Waals surface area contributed by atoms with Crippen molar-refractivity contribution in [1.29, 1.82) is 0 Å². The van der Waals surface area contributed by atoms with Crippen molar-refractivity contribution in [2.24, 2.45) is 0 Å². The summed E-state index contributed by atoms with van der Waals surface area (Å²) >= 11 is 6.21. The number of aryl methyl sites for hydroxylation is 2. The van der Waals surface area contributed by atoms with E-state index in [1.807, 2.05) is 86.6 Å². The standard InChI is InChI=1S/C27H21ClN2O3/c1-16-13-19(14-17(2)25(16)28)32-15-24(31)29-22-10-6-5-9-21(22)27-30-23-12-11-18-7-3-4-8-20(18)26(23)33-27/h3-14H,15H2,1-2H3,(H,29,31). The average molecular weight is 457 g/mol. The fourth-order valence-electron chi connectivity index (χ4n) is 3.87. The van der Waals surface area contributed by atoms with E-state index >= 15 is 0 Å². The van der Waals surface area contributed by atoms with Gasteiger partial charge in [0.05, 0.1) is 11.3 Å². The molecule has 33 heavy (non-hydrogen) atoms. The summed E-state index contributed by atoms with van der Waals surface area (Å²) in [6, 6.07) is 23.0. The fraction of sp³-hybridized carbons (Fsp3) is 0.111. The second-order valence-electron chi connectivity index (χ2n) is 7.91. The Bertz CT molecular complexity index is 1480. The van der Waals surface area contributed by atoms with E-state index in [4.69, 9.17) is 20.8 Å². The molecule has 0 atom stereocenters. The predicted octanol–water partition coefficient (Wildman–Crippen LogP) is 6.94. The minimum absolute atomic E-state index is 0.132. The van der Waals surface area contributed by atoms with Crippen LogP contribution in [0.2, 0.25) is 5.02 Å². The van der Waals surface area contributed by atoms with Crippen molar-refractivity contribution in [2.45, 2.75) is 13.8 Å². The molecule has 0 aliphatic carbocycles. The molecule has 0 fully saturated rings. The number of aromatic nitrogens is 1. The van der Waals surface area contributed by atoms with Crippen molar-refractivity contribution in [1.82, 2.24) is 4.98 Å². The smallest absolute Gasteiger partial charge is 0.262 e. The number of nitrogens with zero attached hydrogens (tertiary/aromatic N) is 1. The molecule has 164 valence electrons. The van der Waals surface area contributed by atoms with Crippen molar-refractivity contribution < 1.29 is 13.9 Å². The summed E-state index contributed by atoms with van der Waals surface area (Å²) < 4.78 is 11.8. The number of halogens is 1. The minimum Gasteiger partial charge on any atom is -0.484 e. The molecule has 0 saturated carbocycles. The van der Waals surface area contributed by atoms with E-state index in [0.717, 1.165) is 33.0 Å². The Balaban J connectivity index is 1.39. The Morgan fingerprint density at radius 1 is 1.00 bits per heavy atom. The summed E-state index contributed by atoms with van der Waals surface area (Å²) in [5.74, 6) is 0.764. The number of carbonyl (C=O) groups is 1. The molecule has 1 aromatic heterocycles. The number of rotatable bonds is 5. The number of oxazole rings is 1. The zero-order chi connectivity index (χ0) is 22.9. The number of fused-ring (bicyclic) bond motifs is 3. The molecular weight excluding hydrogens is 436 g/mol. The number of amides is 1. The summed E-state index contributed by atoms with van der Waals surface area (Å²) in [6.07, 6.45) is 0. The first kappa shape index (κ1) is 21.0. The summed E-state index contributed by atoms with van der Waals surface area (Å²) in [7, 11) is 0. The number of nitrogens with one attached hydrogen (secondary N) is 1. The highest BCUT2D eigenvalue weighted by Gasteiger charge is 2.16. The largest absolute Gasteiger partial charge is 0.484 e. The lowest BCUT2D eigenvalue weighted by Crippen LogP contribution is -2.20. The summed E-state index contributed by atoms with van der Waals surface area (Å²) in [6.45, 7) is 3.68. The number of hydrogen-bond acceptors (Lipinski definition) is 4. The van der Waals surface area contributed by atoms with Crippen molar-refractivity contribution in [2.75, 3.05) is 11.9 Å².